The van der Waals surface area contributed by atoms with Gasteiger partial charge in [0.05, 0.1) is 12.4 Å². The molecule has 2 aromatic rings. The Morgan fingerprint density at radius 1 is 1.43 bits per heavy atom. The Morgan fingerprint density at radius 2 is 2.38 bits per heavy atom. The third kappa shape index (κ3) is 3.64. The lowest BCUT2D eigenvalue weighted by molar-refractivity contribution is 0.00598. The molecule has 4 heteroatoms. The first-order valence-electron chi connectivity index (χ1n) is 7.81. The fourth-order valence-corrected chi connectivity index (χ4v) is 2.94. The number of imidazole rings is 1. The molecule has 0 amide bonds. The molecular weight excluding hydrogens is 262 g/mol. The molecule has 3 rings (SSSR count). The van der Waals surface area contributed by atoms with E-state index in [1.165, 1.54) is 12.1 Å². The normalized spacial score (nSPS) is 22.1. The van der Waals surface area contributed by atoms with Crippen LogP contribution in [0.2, 0.25) is 0 Å². The first-order valence-corrected chi connectivity index (χ1v) is 7.81. The van der Waals surface area contributed by atoms with E-state index in [4.69, 9.17) is 4.74 Å². The third-order valence-corrected chi connectivity index (χ3v) is 4.00. The summed E-state index contributed by atoms with van der Waals surface area (Å²) in [5.74, 6) is 0. The highest BCUT2D eigenvalue weighted by molar-refractivity contribution is 5.51. The van der Waals surface area contributed by atoms with Gasteiger partial charge >= 0.3 is 0 Å². The Balaban J connectivity index is 1.66. The average molecular weight is 285 g/mol. The van der Waals surface area contributed by atoms with Gasteiger partial charge in [0.1, 0.15) is 0 Å². The molecule has 1 aliphatic rings. The van der Waals surface area contributed by atoms with Gasteiger partial charge in [0, 0.05) is 36.4 Å². The SMILES string of the molecule is CCCC1CC(Nc2cccc(-n3ccnc3)c2)CCO1. The van der Waals surface area contributed by atoms with Gasteiger partial charge in [-0.1, -0.05) is 19.4 Å². The molecule has 21 heavy (non-hydrogen) atoms. The van der Waals surface area contributed by atoms with Crippen LogP contribution in [0.25, 0.3) is 5.69 Å². The summed E-state index contributed by atoms with van der Waals surface area (Å²) in [6, 6.07) is 8.99. The van der Waals surface area contributed by atoms with E-state index in [1.54, 1.807) is 6.20 Å². The maximum atomic E-state index is 5.82. The standard InChI is InChI=1S/C17H23N3O/c1-2-4-17-12-15(7-10-21-17)19-14-5-3-6-16(11-14)20-9-8-18-13-20/h3,5-6,8-9,11,13,15,17,19H,2,4,7,10,12H2,1H3. The molecule has 1 aliphatic heterocycles. The molecule has 0 radical (unpaired) electrons. The van der Waals surface area contributed by atoms with Crippen molar-refractivity contribution in [2.24, 2.45) is 0 Å². The molecule has 4 nitrogen and oxygen atoms in total. The molecule has 2 atom stereocenters. The fraction of sp³-hybridized carbons (Fsp3) is 0.471. The number of ether oxygens (including phenoxy) is 1. The van der Waals surface area contributed by atoms with E-state index in [2.05, 4.69) is 41.5 Å². The minimum atomic E-state index is 0.415. The maximum Gasteiger partial charge on any atom is 0.0991 e. The molecule has 1 saturated heterocycles. The zero-order valence-electron chi connectivity index (χ0n) is 12.5. The van der Waals surface area contributed by atoms with E-state index in [1.807, 2.05) is 17.1 Å². The van der Waals surface area contributed by atoms with Crippen LogP contribution >= 0.6 is 0 Å². The molecule has 0 saturated carbocycles. The van der Waals surface area contributed by atoms with Crippen molar-refractivity contribution in [3.8, 4) is 5.69 Å². The van der Waals surface area contributed by atoms with Crippen LogP contribution < -0.4 is 5.32 Å². The van der Waals surface area contributed by atoms with Gasteiger partial charge in [-0.15, -0.1) is 0 Å². The van der Waals surface area contributed by atoms with Gasteiger partial charge in [0.25, 0.3) is 0 Å². The summed E-state index contributed by atoms with van der Waals surface area (Å²) in [7, 11) is 0. The van der Waals surface area contributed by atoms with Crippen molar-refractivity contribution < 1.29 is 4.74 Å². The fourth-order valence-electron chi connectivity index (χ4n) is 2.94. The Morgan fingerprint density at radius 3 is 3.19 bits per heavy atom. The predicted octanol–water partition coefficient (Wildman–Crippen LogP) is 3.63. The van der Waals surface area contributed by atoms with Crippen LogP contribution in [-0.2, 0) is 4.74 Å². The van der Waals surface area contributed by atoms with Gasteiger partial charge in [0.2, 0.25) is 0 Å². The third-order valence-electron chi connectivity index (χ3n) is 4.00. The number of aromatic nitrogens is 2. The number of hydrogen-bond acceptors (Lipinski definition) is 3. The topological polar surface area (TPSA) is 39.1 Å². The van der Waals surface area contributed by atoms with Crippen LogP contribution in [0.15, 0.2) is 43.0 Å². The van der Waals surface area contributed by atoms with Crippen molar-refractivity contribution in [3.63, 3.8) is 0 Å². The lowest BCUT2D eigenvalue weighted by Crippen LogP contribution is -2.34. The second kappa shape index (κ2) is 6.76. The van der Waals surface area contributed by atoms with Gasteiger partial charge in [-0.25, -0.2) is 4.98 Å². The molecule has 0 aliphatic carbocycles. The summed E-state index contributed by atoms with van der Waals surface area (Å²) >= 11 is 0. The van der Waals surface area contributed by atoms with Crippen LogP contribution in [0.1, 0.15) is 32.6 Å². The minimum absolute atomic E-state index is 0.415. The van der Waals surface area contributed by atoms with Crippen molar-refractivity contribution in [2.75, 3.05) is 11.9 Å². The lowest BCUT2D eigenvalue weighted by atomic mass is 10.00. The number of nitrogens with zero attached hydrogens (tertiary/aromatic N) is 2. The van der Waals surface area contributed by atoms with E-state index in [-0.39, 0.29) is 0 Å². The van der Waals surface area contributed by atoms with Crippen molar-refractivity contribution in [1.29, 1.82) is 0 Å². The molecule has 2 heterocycles. The van der Waals surface area contributed by atoms with Crippen molar-refractivity contribution >= 4 is 5.69 Å². The highest BCUT2D eigenvalue weighted by Gasteiger charge is 2.21. The van der Waals surface area contributed by atoms with Crippen LogP contribution in [0.3, 0.4) is 0 Å². The second-order valence-corrected chi connectivity index (χ2v) is 5.67. The largest absolute Gasteiger partial charge is 0.382 e. The summed E-state index contributed by atoms with van der Waals surface area (Å²) in [5, 5.41) is 3.66. The Bertz CT molecular complexity index is 551. The summed E-state index contributed by atoms with van der Waals surface area (Å²) in [4.78, 5) is 4.10. The highest BCUT2D eigenvalue weighted by Crippen LogP contribution is 2.22. The molecular formula is C17H23N3O. The van der Waals surface area contributed by atoms with E-state index < -0.39 is 0 Å². The number of nitrogens with one attached hydrogen (secondary N) is 1. The van der Waals surface area contributed by atoms with E-state index >= 15 is 0 Å². The number of hydrogen-bond donors (Lipinski definition) is 1. The molecule has 1 N–H and O–H groups in total. The number of rotatable bonds is 5. The molecule has 112 valence electrons. The maximum absolute atomic E-state index is 5.82. The first-order chi connectivity index (χ1) is 10.3. The highest BCUT2D eigenvalue weighted by atomic mass is 16.5. The summed E-state index contributed by atoms with van der Waals surface area (Å²) < 4.78 is 7.84. The van der Waals surface area contributed by atoms with Gasteiger partial charge in [-0.2, -0.15) is 0 Å². The van der Waals surface area contributed by atoms with Gasteiger partial charge < -0.3 is 14.6 Å². The Labute approximate surface area is 126 Å². The molecule has 2 unspecified atom stereocenters. The second-order valence-electron chi connectivity index (χ2n) is 5.67. The Hall–Kier alpha value is -1.81. The van der Waals surface area contributed by atoms with Gasteiger partial charge in [-0.3, -0.25) is 0 Å². The number of anilines is 1. The molecule has 0 spiro atoms. The zero-order valence-corrected chi connectivity index (χ0v) is 12.5. The smallest absolute Gasteiger partial charge is 0.0991 e. The van der Waals surface area contributed by atoms with E-state index in [0.29, 0.717) is 12.1 Å². The summed E-state index contributed by atoms with van der Waals surface area (Å²) in [6.07, 6.45) is 10.5. The van der Waals surface area contributed by atoms with Crippen molar-refractivity contribution in [2.45, 2.75) is 44.8 Å². The predicted molar refractivity (Wildman–Crippen MR) is 84.9 cm³/mol. The van der Waals surface area contributed by atoms with Crippen LogP contribution in [0, 0.1) is 0 Å². The average Bonchev–Trinajstić information content (AvgIpc) is 3.03. The van der Waals surface area contributed by atoms with Crippen LogP contribution in [-0.4, -0.2) is 28.3 Å². The molecule has 1 aromatic carbocycles. The monoisotopic (exact) mass is 285 g/mol. The molecule has 1 aromatic heterocycles. The summed E-state index contributed by atoms with van der Waals surface area (Å²) in [5.41, 5.74) is 2.30. The number of benzene rings is 1. The van der Waals surface area contributed by atoms with Gasteiger partial charge in [-0.05, 0) is 37.5 Å². The van der Waals surface area contributed by atoms with Crippen molar-refractivity contribution in [3.05, 3.63) is 43.0 Å². The van der Waals surface area contributed by atoms with E-state index in [9.17, 15) is 0 Å². The van der Waals surface area contributed by atoms with Crippen LogP contribution in [0.5, 0.6) is 0 Å². The van der Waals surface area contributed by atoms with E-state index in [0.717, 1.165) is 31.6 Å². The van der Waals surface area contributed by atoms with Crippen LogP contribution in [0.4, 0.5) is 5.69 Å². The first kappa shape index (κ1) is 14.1. The molecule has 0 bridgehead atoms. The minimum Gasteiger partial charge on any atom is -0.382 e. The van der Waals surface area contributed by atoms with Crippen molar-refractivity contribution in [1.82, 2.24) is 9.55 Å². The zero-order chi connectivity index (χ0) is 14.5. The Kier molecular flexibility index (Phi) is 4.55. The van der Waals surface area contributed by atoms with Gasteiger partial charge in [0.15, 0.2) is 0 Å². The summed E-state index contributed by atoms with van der Waals surface area (Å²) in [6.45, 7) is 3.08. The quantitative estimate of drug-likeness (QED) is 0.911. The lowest BCUT2D eigenvalue weighted by Gasteiger charge is -2.30. The molecule has 1 fully saturated rings.